The van der Waals surface area contributed by atoms with Gasteiger partial charge in [0.1, 0.15) is 12.1 Å². The topological polar surface area (TPSA) is 70.8 Å². The summed E-state index contributed by atoms with van der Waals surface area (Å²) in [6.07, 6.45) is -14.1. The van der Waals surface area contributed by atoms with Crippen LogP contribution in [0.2, 0.25) is 0 Å². The molecule has 5 unspecified atom stereocenters. The van der Waals surface area contributed by atoms with Crippen LogP contribution in [0.3, 0.4) is 0 Å². The lowest BCUT2D eigenvalue weighted by Crippen LogP contribution is -2.44. The second-order valence-electron chi connectivity index (χ2n) is 7.08. The number of aryl methyl sites for hydroxylation is 1. The monoisotopic (exact) mass is 436 g/mol. The molecular formula is C25H39NO4. The molecule has 0 spiro atoms. The molecule has 30 heavy (non-hydrogen) atoms. The number of benzene rings is 1. The first-order chi connectivity index (χ1) is 21.6. The van der Waals surface area contributed by atoms with Gasteiger partial charge in [0, 0.05) is 24.7 Å². The van der Waals surface area contributed by atoms with E-state index in [4.69, 9.17) is 39.1 Å². The van der Waals surface area contributed by atoms with Crippen molar-refractivity contribution >= 4 is 5.97 Å². The van der Waals surface area contributed by atoms with Gasteiger partial charge in [-0.2, -0.15) is 0 Å². The summed E-state index contributed by atoms with van der Waals surface area (Å²) in [6.45, 7) is -11.1. The number of methoxy groups -OCH3 is 2. The Kier molecular flexibility index (Phi) is 2.76. The summed E-state index contributed by atoms with van der Waals surface area (Å²) in [5.41, 5.74) is 6.10. The average molecular weight is 437 g/mol. The van der Waals surface area contributed by atoms with Crippen molar-refractivity contribution in [1.82, 2.24) is 0 Å². The largest absolute Gasteiger partial charge is 0.493 e. The third-order valence-electron chi connectivity index (χ3n) is 5.08. The number of nitrogens with two attached hydrogens (primary N) is 1. The van der Waals surface area contributed by atoms with Gasteiger partial charge >= 0.3 is 5.97 Å². The van der Waals surface area contributed by atoms with Crippen molar-refractivity contribution in [2.75, 3.05) is 14.2 Å². The van der Waals surface area contributed by atoms with Crippen molar-refractivity contribution in [1.29, 1.82) is 0 Å². The van der Waals surface area contributed by atoms with Crippen molar-refractivity contribution < 1.29 is 45.0 Å². The molecule has 1 saturated carbocycles. The van der Waals surface area contributed by atoms with E-state index in [0.29, 0.717) is 12.5 Å². The number of hydrogen-bond acceptors (Lipinski definition) is 5. The Hall–Kier alpha value is -1.75. The average Bonchev–Trinajstić information content (AvgIpc) is 2.94. The fourth-order valence-corrected chi connectivity index (χ4v) is 3.69. The predicted molar refractivity (Wildman–Crippen MR) is 119 cm³/mol. The van der Waals surface area contributed by atoms with E-state index in [1.54, 1.807) is 0 Å². The van der Waals surface area contributed by atoms with Gasteiger partial charge in [-0.1, -0.05) is 27.5 Å². The minimum Gasteiger partial charge on any atom is -0.493 e. The molecule has 3 rings (SSSR count). The minimum atomic E-state index is -4.18. The molecule has 6 atom stereocenters. The summed E-state index contributed by atoms with van der Waals surface area (Å²) in [5, 5.41) is 0. The lowest BCUT2D eigenvalue weighted by Gasteiger charge is -2.45. The highest BCUT2D eigenvalue weighted by atomic mass is 16.5. The molecule has 1 aromatic carbocycles. The van der Waals surface area contributed by atoms with Crippen molar-refractivity contribution in [3.8, 4) is 11.5 Å². The number of fused-ring (bicyclic) bond motifs is 3. The first-order valence-electron chi connectivity index (χ1n) is 18.9. The Morgan fingerprint density at radius 3 is 2.73 bits per heavy atom. The third-order valence-corrected chi connectivity index (χ3v) is 5.08. The Morgan fingerprint density at radius 1 is 1.33 bits per heavy atom. The molecular weight excluding hydrogens is 378 g/mol. The molecule has 1 aromatic rings. The molecule has 0 saturated heterocycles. The highest BCUT2D eigenvalue weighted by Gasteiger charge is 2.43. The molecule has 168 valence electrons. The van der Waals surface area contributed by atoms with Crippen LogP contribution in [0.4, 0.5) is 0 Å². The summed E-state index contributed by atoms with van der Waals surface area (Å²) < 4.78 is 175. The maximum atomic E-state index is 13.8. The van der Waals surface area contributed by atoms with Crippen LogP contribution in [0.5, 0.6) is 11.5 Å². The molecule has 1 fully saturated rings. The second kappa shape index (κ2) is 9.59. The van der Waals surface area contributed by atoms with Gasteiger partial charge in [-0.05, 0) is 84.7 Å². The van der Waals surface area contributed by atoms with E-state index in [-0.39, 0.29) is 29.9 Å². The number of hydrogen-bond donors (Lipinski definition) is 1. The summed E-state index contributed by atoms with van der Waals surface area (Å²) in [6, 6.07) is -1.35. The molecule has 2 aliphatic carbocycles. The molecule has 0 radical (unpaired) electrons. The fourth-order valence-electron chi connectivity index (χ4n) is 3.69. The molecule has 2 aliphatic rings. The van der Waals surface area contributed by atoms with Crippen LogP contribution in [-0.2, 0) is 16.0 Å². The molecule has 0 heterocycles. The molecule has 0 bridgehead atoms. The quantitative estimate of drug-likeness (QED) is 0.627. The first-order valence-corrected chi connectivity index (χ1v) is 9.35. The van der Waals surface area contributed by atoms with Crippen LogP contribution in [0.15, 0.2) is 12.1 Å². The summed E-state index contributed by atoms with van der Waals surface area (Å²) >= 11 is 0. The molecule has 0 aliphatic heterocycles. The van der Waals surface area contributed by atoms with Crippen LogP contribution < -0.4 is 15.2 Å². The Labute approximate surface area is 208 Å². The van der Waals surface area contributed by atoms with Crippen LogP contribution >= 0.6 is 0 Å². The van der Waals surface area contributed by atoms with Crippen LogP contribution in [-0.4, -0.2) is 32.3 Å². The van der Waals surface area contributed by atoms with Crippen molar-refractivity contribution in [2.24, 2.45) is 29.3 Å². The van der Waals surface area contributed by atoms with Crippen LogP contribution in [0, 0.1) is 23.6 Å². The summed E-state index contributed by atoms with van der Waals surface area (Å²) in [4.78, 5) is 13.8. The van der Waals surface area contributed by atoms with Crippen molar-refractivity contribution in [3.05, 3.63) is 23.3 Å². The highest BCUT2D eigenvalue weighted by molar-refractivity contribution is 5.76. The van der Waals surface area contributed by atoms with Crippen LogP contribution in [0.1, 0.15) is 96.1 Å². The van der Waals surface area contributed by atoms with E-state index in [0.717, 1.165) is 0 Å². The first kappa shape index (κ1) is 8.65. The maximum absolute atomic E-state index is 13.8. The standard InChI is InChI=1S/C25H39NO4/c1-14(2)9-18-10-16-7-8-17-11-22(28-5)23(29-6)13-20(17)19(16)12-21(18)30-25(27)24(26)15(3)4/h11,13-16,18-19,21,24H,7-10,12,26H2,1-6H3/t16?,18?,19?,21?,24-/m0/s1/i1D3,3D3,4D3,9D2,10D2,12D2,14D,15D,18D,24D/t14?,16?,18?,19?,21?,24-. The lowest BCUT2D eigenvalue weighted by molar-refractivity contribution is -0.158. The summed E-state index contributed by atoms with van der Waals surface area (Å²) in [7, 11) is 2.59. The predicted octanol–water partition coefficient (Wildman–Crippen LogP) is 4.70. The number of carbonyl (C=O) groups is 1. The zero-order valence-corrected chi connectivity index (χ0v) is 17.0. The minimum absolute atomic E-state index is 0.0184. The number of esters is 1. The number of ether oxygens (including phenoxy) is 3. The molecule has 5 nitrogen and oxygen atoms in total. The van der Waals surface area contributed by atoms with Crippen molar-refractivity contribution in [3.63, 3.8) is 0 Å². The number of carbonyl (C=O) groups excluding carboxylic acids is 1. The van der Waals surface area contributed by atoms with E-state index < -0.39 is 87.3 Å². The van der Waals surface area contributed by atoms with Gasteiger partial charge in [0.15, 0.2) is 11.5 Å². The van der Waals surface area contributed by atoms with Gasteiger partial charge in [-0.25, -0.2) is 0 Å². The Morgan fingerprint density at radius 2 is 2.07 bits per heavy atom. The number of rotatable bonds is 7. The Bertz CT molecular complexity index is 1440. The van der Waals surface area contributed by atoms with Crippen molar-refractivity contribution in [2.45, 2.75) is 77.5 Å². The fraction of sp³-hybridized carbons (Fsp3) is 0.720. The maximum Gasteiger partial charge on any atom is 0.323 e. The molecule has 0 aromatic heterocycles. The molecule has 2 N–H and O–H groups in total. The van der Waals surface area contributed by atoms with Gasteiger partial charge in [0.05, 0.1) is 15.6 Å². The SMILES string of the molecule is [2H]C1([2H])C2c3cc(OC)c(OC)cc3CCC2C([2H])([2H])C([2H])(C([2H])([2H])C([2H])(C)C([2H])([2H])[2H])C1OC(=O)[C@@]([2H])(N)C([2H])(C([2H])([2H])[2H])C([2H])([2H])[2H]. The smallest absolute Gasteiger partial charge is 0.323 e. The molecule has 0 amide bonds. The van der Waals surface area contributed by atoms with Crippen LogP contribution in [0.25, 0.3) is 0 Å². The lowest BCUT2D eigenvalue weighted by atomic mass is 9.63. The normalized spacial score (nSPS) is 46.9. The van der Waals surface area contributed by atoms with E-state index in [1.165, 1.54) is 26.4 Å². The van der Waals surface area contributed by atoms with E-state index >= 15 is 0 Å². The van der Waals surface area contributed by atoms with Gasteiger partial charge in [0.25, 0.3) is 0 Å². The third kappa shape index (κ3) is 4.77. The van der Waals surface area contributed by atoms with E-state index in [1.807, 2.05) is 0 Å². The molecule has 5 heteroatoms. The zero-order chi connectivity index (χ0) is 38.6. The van der Waals surface area contributed by atoms with E-state index in [2.05, 4.69) is 0 Å². The van der Waals surface area contributed by atoms with E-state index in [9.17, 15) is 11.6 Å². The highest BCUT2D eigenvalue weighted by Crippen LogP contribution is 2.51. The Balaban J connectivity index is 2.46. The second-order valence-corrected chi connectivity index (χ2v) is 7.08. The van der Waals surface area contributed by atoms with Gasteiger partial charge in [-0.15, -0.1) is 0 Å². The van der Waals surface area contributed by atoms with Gasteiger partial charge < -0.3 is 19.9 Å². The van der Waals surface area contributed by atoms with Gasteiger partial charge in [0.2, 0.25) is 0 Å². The van der Waals surface area contributed by atoms with Gasteiger partial charge in [-0.3, -0.25) is 4.79 Å². The summed E-state index contributed by atoms with van der Waals surface area (Å²) in [5.74, 6) is -17.1. The zero-order valence-electron chi connectivity index (χ0n) is 36.0.